The molecule has 3 nitrogen and oxygen atoms in total. The summed E-state index contributed by atoms with van der Waals surface area (Å²) in [6.07, 6.45) is 10.7. The van der Waals surface area contributed by atoms with Crippen LogP contribution in [0.2, 0.25) is 0 Å². The van der Waals surface area contributed by atoms with E-state index in [2.05, 4.69) is 12.2 Å². The van der Waals surface area contributed by atoms with Crippen LogP contribution in [0.5, 0.6) is 0 Å². The lowest BCUT2D eigenvalue weighted by atomic mass is 9.90. The van der Waals surface area contributed by atoms with Crippen LogP contribution in [0.4, 0.5) is 0 Å². The van der Waals surface area contributed by atoms with Crippen molar-refractivity contribution in [3.63, 3.8) is 0 Å². The molecule has 19 heavy (non-hydrogen) atoms. The fourth-order valence-corrected chi connectivity index (χ4v) is 3.30. The van der Waals surface area contributed by atoms with Crippen molar-refractivity contribution >= 4 is 0 Å². The summed E-state index contributed by atoms with van der Waals surface area (Å²) in [7, 11) is 0. The smallest absolute Gasteiger partial charge is 0.0576 e. The molecule has 2 aliphatic heterocycles. The lowest BCUT2D eigenvalue weighted by Crippen LogP contribution is -2.34. The quantitative estimate of drug-likeness (QED) is 0.734. The van der Waals surface area contributed by atoms with E-state index in [1.54, 1.807) is 0 Å². The first-order valence-corrected chi connectivity index (χ1v) is 8.31. The SMILES string of the molecule is CCCNC(CCC1CCCO1)CC1CCOCC1. The van der Waals surface area contributed by atoms with Crippen molar-refractivity contribution in [3.05, 3.63) is 0 Å². The van der Waals surface area contributed by atoms with Crippen LogP contribution in [-0.2, 0) is 9.47 Å². The summed E-state index contributed by atoms with van der Waals surface area (Å²) in [4.78, 5) is 0. The van der Waals surface area contributed by atoms with E-state index >= 15 is 0 Å². The fraction of sp³-hybridized carbons (Fsp3) is 1.00. The Balaban J connectivity index is 1.69. The first-order chi connectivity index (χ1) is 9.38. The summed E-state index contributed by atoms with van der Waals surface area (Å²) < 4.78 is 11.2. The van der Waals surface area contributed by atoms with Crippen LogP contribution in [0.3, 0.4) is 0 Å². The Morgan fingerprint density at radius 1 is 1.16 bits per heavy atom. The molecule has 2 unspecified atom stereocenters. The molecule has 1 N–H and O–H groups in total. The Bertz CT molecular complexity index is 223. The number of ether oxygens (including phenoxy) is 2. The molecule has 0 aromatic carbocycles. The largest absolute Gasteiger partial charge is 0.381 e. The highest BCUT2D eigenvalue weighted by atomic mass is 16.5. The van der Waals surface area contributed by atoms with Gasteiger partial charge in [0.25, 0.3) is 0 Å². The predicted molar refractivity (Wildman–Crippen MR) is 78.4 cm³/mol. The summed E-state index contributed by atoms with van der Waals surface area (Å²) in [5.41, 5.74) is 0. The molecule has 112 valence electrons. The van der Waals surface area contributed by atoms with E-state index in [4.69, 9.17) is 9.47 Å². The third-order valence-electron chi connectivity index (χ3n) is 4.50. The van der Waals surface area contributed by atoms with Gasteiger partial charge in [0.05, 0.1) is 6.10 Å². The molecular weight excluding hydrogens is 238 g/mol. The maximum Gasteiger partial charge on any atom is 0.0576 e. The van der Waals surface area contributed by atoms with E-state index in [1.807, 2.05) is 0 Å². The van der Waals surface area contributed by atoms with Crippen LogP contribution >= 0.6 is 0 Å². The van der Waals surface area contributed by atoms with Gasteiger partial charge in [-0.25, -0.2) is 0 Å². The lowest BCUT2D eigenvalue weighted by Gasteiger charge is -2.28. The molecule has 2 heterocycles. The Hall–Kier alpha value is -0.120. The summed E-state index contributed by atoms with van der Waals surface area (Å²) in [6.45, 7) is 6.32. The third kappa shape index (κ3) is 5.80. The van der Waals surface area contributed by atoms with Crippen molar-refractivity contribution in [2.45, 2.75) is 70.4 Å². The van der Waals surface area contributed by atoms with Crippen LogP contribution < -0.4 is 5.32 Å². The zero-order chi connectivity index (χ0) is 13.3. The number of rotatable bonds is 8. The second kappa shape index (κ2) is 8.93. The van der Waals surface area contributed by atoms with E-state index in [-0.39, 0.29) is 0 Å². The first kappa shape index (κ1) is 15.3. The molecule has 2 rings (SSSR count). The molecule has 0 amide bonds. The normalized spacial score (nSPS) is 26.7. The minimum Gasteiger partial charge on any atom is -0.381 e. The van der Waals surface area contributed by atoms with Gasteiger partial charge in [0, 0.05) is 25.9 Å². The highest BCUT2D eigenvalue weighted by molar-refractivity contribution is 4.76. The van der Waals surface area contributed by atoms with Gasteiger partial charge in [-0.3, -0.25) is 0 Å². The van der Waals surface area contributed by atoms with Gasteiger partial charge in [-0.1, -0.05) is 6.92 Å². The minimum absolute atomic E-state index is 0.542. The molecule has 0 aromatic heterocycles. The Kier molecular flexibility index (Phi) is 7.18. The molecule has 0 aromatic rings. The number of hydrogen-bond acceptors (Lipinski definition) is 3. The van der Waals surface area contributed by atoms with Gasteiger partial charge in [0.15, 0.2) is 0 Å². The lowest BCUT2D eigenvalue weighted by molar-refractivity contribution is 0.0583. The Morgan fingerprint density at radius 3 is 2.68 bits per heavy atom. The van der Waals surface area contributed by atoms with Crippen molar-refractivity contribution in [2.24, 2.45) is 5.92 Å². The highest BCUT2D eigenvalue weighted by Crippen LogP contribution is 2.24. The van der Waals surface area contributed by atoms with Crippen molar-refractivity contribution < 1.29 is 9.47 Å². The Morgan fingerprint density at radius 2 is 2.00 bits per heavy atom. The third-order valence-corrected chi connectivity index (χ3v) is 4.50. The molecule has 3 heteroatoms. The van der Waals surface area contributed by atoms with Crippen molar-refractivity contribution in [1.82, 2.24) is 5.32 Å². The summed E-state index contributed by atoms with van der Waals surface area (Å²) in [6, 6.07) is 0.687. The van der Waals surface area contributed by atoms with Crippen molar-refractivity contribution in [1.29, 1.82) is 0 Å². The highest BCUT2D eigenvalue weighted by Gasteiger charge is 2.21. The summed E-state index contributed by atoms with van der Waals surface area (Å²) in [5, 5.41) is 3.74. The summed E-state index contributed by atoms with van der Waals surface area (Å²) in [5.74, 6) is 0.868. The van der Waals surface area contributed by atoms with Crippen molar-refractivity contribution in [2.75, 3.05) is 26.4 Å². The molecule has 2 aliphatic rings. The monoisotopic (exact) mass is 269 g/mol. The van der Waals surface area contributed by atoms with Gasteiger partial charge < -0.3 is 14.8 Å². The molecule has 0 aliphatic carbocycles. The molecule has 0 saturated carbocycles. The van der Waals surface area contributed by atoms with Crippen LogP contribution in [0, 0.1) is 5.92 Å². The van der Waals surface area contributed by atoms with Gasteiger partial charge >= 0.3 is 0 Å². The maximum absolute atomic E-state index is 5.75. The van der Waals surface area contributed by atoms with Gasteiger partial charge in [-0.2, -0.15) is 0 Å². The molecule has 0 bridgehead atoms. The molecule has 2 saturated heterocycles. The van der Waals surface area contributed by atoms with E-state index in [0.29, 0.717) is 12.1 Å². The topological polar surface area (TPSA) is 30.5 Å². The zero-order valence-corrected chi connectivity index (χ0v) is 12.5. The predicted octanol–water partition coefficient (Wildman–Crippen LogP) is 3.13. The first-order valence-electron chi connectivity index (χ1n) is 8.31. The van der Waals surface area contributed by atoms with Gasteiger partial charge in [0.1, 0.15) is 0 Å². The van der Waals surface area contributed by atoms with Gasteiger partial charge in [-0.15, -0.1) is 0 Å². The number of nitrogens with one attached hydrogen (secondary N) is 1. The molecular formula is C16H31NO2. The zero-order valence-electron chi connectivity index (χ0n) is 12.5. The van der Waals surface area contributed by atoms with Crippen LogP contribution in [0.25, 0.3) is 0 Å². The molecule has 0 radical (unpaired) electrons. The van der Waals surface area contributed by atoms with Crippen LogP contribution in [0.15, 0.2) is 0 Å². The number of hydrogen-bond donors (Lipinski definition) is 1. The van der Waals surface area contributed by atoms with E-state index in [9.17, 15) is 0 Å². The summed E-state index contributed by atoms with van der Waals surface area (Å²) >= 11 is 0. The fourth-order valence-electron chi connectivity index (χ4n) is 3.30. The van der Waals surface area contributed by atoms with Gasteiger partial charge in [-0.05, 0) is 63.8 Å². The second-order valence-electron chi connectivity index (χ2n) is 6.15. The standard InChI is InChI=1S/C16H31NO2/c1-2-9-17-15(5-6-16-4-3-10-19-16)13-14-7-11-18-12-8-14/h14-17H,2-13H2,1H3. The van der Waals surface area contributed by atoms with Gasteiger partial charge in [0.2, 0.25) is 0 Å². The second-order valence-corrected chi connectivity index (χ2v) is 6.15. The Labute approximate surface area is 118 Å². The maximum atomic E-state index is 5.75. The average Bonchev–Trinajstić information content (AvgIpc) is 2.96. The molecule has 0 spiro atoms. The van der Waals surface area contributed by atoms with Crippen LogP contribution in [0.1, 0.15) is 58.3 Å². The van der Waals surface area contributed by atoms with E-state index < -0.39 is 0 Å². The average molecular weight is 269 g/mol. The van der Waals surface area contributed by atoms with E-state index in [1.165, 1.54) is 51.4 Å². The van der Waals surface area contributed by atoms with E-state index in [0.717, 1.165) is 32.3 Å². The van der Waals surface area contributed by atoms with Crippen LogP contribution in [-0.4, -0.2) is 38.5 Å². The minimum atomic E-state index is 0.542. The molecule has 2 atom stereocenters. The van der Waals surface area contributed by atoms with Crippen molar-refractivity contribution in [3.8, 4) is 0 Å². The molecule has 2 fully saturated rings.